The second-order valence-electron chi connectivity index (χ2n) is 7.02. The number of sulfonamides is 1. The highest BCUT2D eigenvalue weighted by atomic mass is 32.2. The fraction of sp³-hybridized carbons (Fsp3) is 0.300. The Bertz CT molecular complexity index is 1040. The average Bonchev–Trinajstić information content (AvgIpc) is 2.75. The molecule has 1 atom stereocenters. The molecule has 0 spiro atoms. The fourth-order valence-corrected chi connectivity index (χ4v) is 4.41. The lowest BCUT2D eigenvalue weighted by Gasteiger charge is -2.29. The van der Waals surface area contributed by atoms with E-state index in [0.29, 0.717) is 16.9 Å². The van der Waals surface area contributed by atoms with Crippen LogP contribution in [-0.4, -0.2) is 44.2 Å². The number of rotatable bonds is 5. The molecule has 2 amide bonds. The van der Waals surface area contributed by atoms with E-state index in [4.69, 9.17) is 0 Å². The van der Waals surface area contributed by atoms with Gasteiger partial charge in [-0.2, -0.15) is 4.31 Å². The lowest BCUT2D eigenvalue weighted by molar-refractivity contribution is -0.119. The lowest BCUT2D eigenvalue weighted by atomic mass is 10.1. The van der Waals surface area contributed by atoms with E-state index in [2.05, 4.69) is 5.32 Å². The van der Waals surface area contributed by atoms with Gasteiger partial charge in [0.25, 0.3) is 0 Å². The number of amides is 2. The van der Waals surface area contributed by atoms with Crippen molar-refractivity contribution in [3.8, 4) is 0 Å². The third kappa shape index (κ3) is 4.80. The molecule has 0 aliphatic carbocycles. The minimum absolute atomic E-state index is 0.0974. The number of benzene rings is 2. The maximum absolute atomic E-state index is 13.3. The highest BCUT2D eigenvalue weighted by Gasteiger charge is 2.31. The van der Waals surface area contributed by atoms with Crippen LogP contribution in [0.4, 0.5) is 15.8 Å². The molecule has 9 heteroatoms. The van der Waals surface area contributed by atoms with Crippen LogP contribution in [0.3, 0.4) is 0 Å². The van der Waals surface area contributed by atoms with Crippen LogP contribution in [0.25, 0.3) is 0 Å². The third-order valence-corrected chi connectivity index (χ3v) is 6.48. The maximum atomic E-state index is 13.3. The van der Waals surface area contributed by atoms with Crippen molar-refractivity contribution in [1.82, 2.24) is 4.31 Å². The van der Waals surface area contributed by atoms with Crippen LogP contribution >= 0.6 is 0 Å². The minimum Gasteiger partial charge on any atom is -0.324 e. The Labute approximate surface area is 169 Å². The molecule has 1 unspecified atom stereocenters. The summed E-state index contributed by atoms with van der Waals surface area (Å²) in [5.74, 6) is -1.61. The van der Waals surface area contributed by atoms with Crippen molar-refractivity contribution in [2.45, 2.75) is 25.1 Å². The summed E-state index contributed by atoms with van der Waals surface area (Å²) >= 11 is 0. The van der Waals surface area contributed by atoms with Crippen molar-refractivity contribution >= 4 is 33.2 Å². The Balaban J connectivity index is 1.80. The van der Waals surface area contributed by atoms with E-state index < -0.39 is 40.1 Å². The van der Waals surface area contributed by atoms with Crippen molar-refractivity contribution in [3.05, 3.63) is 59.9 Å². The van der Waals surface area contributed by atoms with Crippen molar-refractivity contribution in [1.29, 1.82) is 0 Å². The van der Waals surface area contributed by atoms with Crippen molar-refractivity contribution in [2.75, 3.05) is 23.8 Å². The molecule has 0 radical (unpaired) electrons. The summed E-state index contributed by atoms with van der Waals surface area (Å²) in [5.41, 5.74) is 1.32. The Morgan fingerprint density at radius 1 is 1.24 bits per heavy atom. The zero-order valence-electron chi connectivity index (χ0n) is 16.1. The van der Waals surface area contributed by atoms with Crippen molar-refractivity contribution in [2.24, 2.45) is 0 Å². The van der Waals surface area contributed by atoms with Gasteiger partial charge in [-0.1, -0.05) is 24.3 Å². The maximum Gasteiger partial charge on any atom is 0.242 e. The molecular weight excluding hydrogens is 397 g/mol. The number of nitrogens with one attached hydrogen (secondary N) is 1. The molecule has 0 aromatic heterocycles. The van der Waals surface area contributed by atoms with Gasteiger partial charge in [0, 0.05) is 19.5 Å². The Morgan fingerprint density at radius 2 is 1.97 bits per heavy atom. The third-order valence-electron chi connectivity index (χ3n) is 4.70. The molecule has 3 rings (SSSR count). The summed E-state index contributed by atoms with van der Waals surface area (Å²) in [5, 5.41) is 2.76. The van der Waals surface area contributed by atoms with E-state index in [9.17, 15) is 22.4 Å². The van der Waals surface area contributed by atoms with Gasteiger partial charge >= 0.3 is 0 Å². The number of para-hydroxylation sites is 2. The number of likely N-dealkylation sites (N-methyl/N-ethyl adjacent to an activating group) is 1. The molecule has 0 saturated heterocycles. The van der Waals surface area contributed by atoms with Crippen LogP contribution in [-0.2, 0) is 25.4 Å². The van der Waals surface area contributed by atoms with Gasteiger partial charge in [-0.15, -0.1) is 0 Å². The van der Waals surface area contributed by atoms with Crippen LogP contribution in [0, 0.1) is 5.82 Å². The predicted molar refractivity (Wildman–Crippen MR) is 108 cm³/mol. The first-order valence-corrected chi connectivity index (χ1v) is 10.7. The zero-order chi connectivity index (χ0) is 21.2. The number of hydrogen-bond donors (Lipinski definition) is 1. The monoisotopic (exact) mass is 419 g/mol. The highest BCUT2D eigenvalue weighted by Crippen LogP contribution is 2.31. The van der Waals surface area contributed by atoms with E-state index in [1.54, 1.807) is 31.2 Å². The van der Waals surface area contributed by atoms with Crippen LogP contribution < -0.4 is 10.2 Å². The quantitative estimate of drug-likeness (QED) is 0.806. The molecule has 7 nitrogen and oxygen atoms in total. The van der Waals surface area contributed by atoms with Gasteiger partial charge in [-0.3, -0.25) is 9.59 Å². The molecular formula is C20H22FN3O4S. The second kappa shape index (κ2) is 8.30. The second-order valence-corrected chi connectivity index (χ2v) is 9.10. The number of anilines is 2. The first-order chi connectivity index (χ1) is 13.7. The summed E-state index contributed by atoms with van der Waals surface area (Å²) in [4.78, 5) is 26.5. The summed E-state index contributed by atoms with van der Waals surface area (Å²) in [7, 11) is -2.53. The van der Waals surface area contributed by atoms with E-state index in [-0.39, 0.29) is 12.3 Å². The van der Waals surface area contributed by atoms with Gasteiger partial charge in [0.15, 0.2) is 0 Å². The van der Waals surface area contributed by atoms with Crippen LogP contribution in [0.1, 0.15) is 18.9 Å². The molecule has 154 valence electrons. The molecule has 1 aliphatic rings. The summed E-state index contributed by atoms with van der Waals surface area (Å²) in [6.45, 7) is 1.34. The first kappa shape index (κ1) is 20.9. The van der Waals surface area contributed by atoms with Gasteiger partial charge in [0.05, 0.1) is 23.7 Å². The summed E-state index contributed by atoms with van der Waals surface area (Å²) in [6.07, 6.45) is 0.0974. The molecule has 29 heavy (non-hydrogen) atoms. The smallest absolute Gasteiger partial charge is 0.242 e. The largest absolute Gasteiger partial charge is 0.324 e. The van der Waals surface area contributed by atoms with E-state index in [1.807, 2.05) is 0 Å². The van der Waals surface area contributed by atoms with Crippen molar-refractivity contribution in [3.63, 3.8) is 0 Å². The van der Waals surface area contributed by atoms with E-state index >= 15 is 0 Å². The van der Waals surface area contributed by atoms with Gasteiger partial charge in [-0.25, -0.2) is 12.8 Å². The molecule has 0 bridgehead atoms. The molecule has 1 heterocycles. The number of nitrogens with zero attached hydrogens (tertiary/aromatic N) is 2. The highest BCUT2D eigenvalue weighted by molar-refractivity contribution is 7.88. The fourth-order valence-electron chi connectivity index (χ4n) is 3.28. The van der Waals surface area contributed by atoms with Gasteiger partial charge in [0.2, 0.25) is 21.8 Å². The Kier molecular flexibility index (Phi) is 5.99. The Morgan fingerprint density at radius 3 is 2.69 bits per heavy atom. The van der Waals surface area contributed by atoms with E-state index in [1.165, 1.54) is 30.1 Å². The zero-order valence-corrected chi connectivity index (χ0v) is 16.9. The van der Waals surface area contributed by atoms with Crippen molar-refractivity contribution < 1.29 is 22.4 Å². The van der Waals surface area contributed by atoms with Gasteiger partial charge < -0.3 is 10.2 Å². The topological polar surface area (TPSA) is 86.8 Å². The molecule has 2 aromatic rings. The van der Waals surface area contributed by atoms with Gasteiger partial charge in [0.1, 0.15) is 5.82 Å². The van der Waals surface area contributed by atoms with Gasteiger partial charge in [-0.05, 0) is 36.8 Å². The molecule has 1 aliphatic heterocycles. The molecule has 1 N–H and O–H groups in total. The average molecular weight is 419 g/mol. The minimum atomic E-state index is -3.84. The number of carbonyl (C=O) groups is 2. The Hall–Kier alpha value is -2.78. The summed E-state index contributed by atoms with van der Waals surface area (Å²) in [6, 6.07) is 11.8. The molecule has 0 fully saturated rings. The van der Waals surface area contributed by atoms with Crippen LogP contribution in [0.2, 0.25) is 0 Å². The first-order valence-electron chi connectivity index (χ1n) is 9.07. The predicted octanol–water partition coefficient (Wildman–Crippen LogP) is 2.35. The number of hydrogen-bond acceptors (Lipinski definition) is 4. The summed E-state index contributed by atoms with van der Waals surface area (Å²) < 4.78 is 39.6. The van der Waals surface area contributed by atoms with Crippen LogP contribution in [0.15, 0.2) is 48.5 Å². The molecule has 2 aromatic carbocycles. The normalized spacial score (nSPS) is 16.9. The lowest BCUT2D eigenvalue weighted by Crippen LogP contribution is -2.45. The number of halogens is 1. The van der Waals surface area contributed by atoms with Crippen LogP contribution in [0.5, 0.6) is 0 Å². The standard InChI is InChI=1S/C20H22FN3O4S/c1-14-10-19(25)22-17-8-3-4-9-18(17)24(14)20(26)12-23(2)29(27,28)13-15-6-5-7-16(21)11-15/h3-9,11,14H,10,12-13H2,1-2H3,(H,22,25). The van der Waals surface area contributed by atoms with E-state index in [0.717, 1.165) is 10.4 Å². The number of carbonyl (C=O) groups excluding carboxylic acids is 2. The SMILES string of the molecule is CC1CC(=O)Nc2ccccc2N1C(=O)CN(C)S(=O)(=O)Cc1cccc(F)c1. The molecule has 0 saturated carbocycles. The number of fused-ring (bicyclic) bond motifs is 1.